The van der Waals surface area contributed by atoms with Gasteiger partial charge in [0.15, 0.2) is 15.3 Å². The lowest BCUT2D eigenvalue weighted by Gasteiger charge is -2.31. The molecule has 0 bridgehead atoms. The first kappa shape index (κ1) is 26.9. The van der Waals surface area contributed by atoms with Crippen molar-refractivity contribution in [3.8, 4) is 0 Å². The second-order valence-electron chi connectivity index (χ2n) is 9.61. The quantitative estimate of drug-likeness (QED) is 0.117. The first-order valence-corrected chi connectivity index (χ1v) is 15.2. The van der Waals surface area contributed by atoms with Gasteiger partial charge >= 0.3 is 0 Å². The minimum absolute atomic E-state index is 0.0724. The van der Waals surface area contributed by atoms with Crippen LogP contribution in [0.3, 0.4) is 0 Å². The van der Waals surface area contributed by atoms with E-state index in [4.69, 9.17) is 27.6 Å². The Morgan fingerprint density at radius 3 is 2.55 bits per heavy atom. The Hall–Kier alpha value is -3.96. The molecule has 0 aliphatic carbocycles. The summed E-state index contributed by atoms with van der Waals surface area (Å²) in [5, 5.41) is 9.95. The van der Waals surface area contributed by atoms with E-state index < -0.39 is 22.8 Å². The highest BCUT2D eigenvalue weighted by Crippen LogP contribution is 2.54. The molecule has 0 saturated heterocycles. The van der Waals surface area contributed by atoms with Crippen LogP contribution < -0.4 is 15.2 Å². The van der Waals surface area contributed by atoms with E-state index in [2.05, 4.69) is 16.8 Å². The van der Waals surface area contributed by atoms with Gasteiger partial charge in [0.1, 0.15) is 5.58 Å². The Balaban J connectivity index is 1.43. The maximum atomic E-state index is 14.6. The fraction of sp³-hybridized carbons (Fsp3) is 0.100. The second-order valence-corrected chi connectivity index (χ2v) is 12.7. The van der Waals surface area contributed by atoms with Crippen molar-refractivity contribution < 1.29 is 14.0 Å². The zero-order chi connectivity index (χ0) is 29.2. The number of anilines is 2. The van der Waals surface area contributed by atoms with Crippen LogP contribution >= 0.6 is 46.3 Å². The lowest BCUT2D eigenvalue weighted by atomic mass is 9.84. The van der Waals surface area contributed by atoms with E-state index in [9.17, 15) is 14.4 Å². The van der Waals surface area contributed by atoms with Crippen molar-refractivity contribution in [2.45, 2.75) is 15.6 Å². The molecule has 1 atom stereocenters. The average Bonchev–Trinajstić information content (AvgIpc) is 3.63. The molecule has 3 aromatic carbocycles. The summed E-state index contributed by atoms with van der Waals surface area (Å²) in [6.45, 7) is 3.97. The van der Waals surface area contributed by atoms with Crippen LogP contribution in [0.25, 0.3) is 11.0 Å². The van der Waals surface area contributed by atoms with E-state index in [1.54, 1.807) is 36.4 Å². The third-order valence-electron chi connectivity index (χ3n) is 7.26. The van der Waals surface area contributed by atoms with Crippen LogP contribution in [0.2, 0.25) is 10.0 Å². The fourth-order valence-corrected chi connectivity index (χ4v) is 7.67. The molecule has 2 amide bonds. The largest absolute Gasteiger partial charge is 0.450 e. The monoisotopic (exact) mass is 632 g/mol. The van der Waals surface area contributed by atoms with Gasteiger partial charge in [-0.05, 0) is 42.0 Å². The molecule has 0 saturated carbocycles. The SMILES string of the molecule is C=CCN1C(=O)C2(c3ccccc31)c1c(oc3ccc(Cl)cc3c1=O)C(=O)N2c1nnc(SCc2ccc(Cl)cc2)s1. The van der Waals surface area contributed by atoms with Crippen molar-refractivity contribution in [3.05, 3.63) is 122 Å². The maximum Gasteiger partial charge on any atom is 0.297 e. The van der Waals surface area contributed by atoms with Crippen molar-refractivity contribution in [1.29, 1.82) is 0 Å². The molecule has 8 nitrogen and oxygen atoms in total. The summed E-state index contributed by atoms with van der Waals surface area (Å²) < 4.78 is 6.65. The molecule has 2 aliphatic rings. The summed E-state index contributed by atoms with van der Waals surface area (Å²) in [6.07, 6.45) is 1.59. The molecule has 0 radical (unpaired) electrons. The van der Waals surface area contributed by atoms with Gasteiger partial charge in [-0.2, -0.15) is 0 Å². The van der Waals surface area contributed by atoms with Gasteiger partial charge in [0, 0.05) is 27.9 Å². The van der Waals surface area contributed by atoms with Crippen LogP contribution in [-0.4, -0.2) is 28.6 Å². The molecule has 1 spiro atoms. The molecule has 7 rings (SSSR count). The van der Waals surface area contributed by atoms with Gasteiger partial charge in [-0.1, -0.05) is 82.7 Å². The van der Waals surface area contributed by atoms with Crippen molar-refractivity contribution in [2.24, 2.45) is 0 Å². The van der Waals surface area contributed by atoms with Crippen LogP contribution in [-0.2, 0) is 16.1 Å². The number of halogens is 2. The molecule has 4 heterocycles. The third-order valence-corrected chi connectivity index (χ3v) is 9.86. The van der Waals surface area contributed by atoms with E-state index in [-0.39, 0.29) is 34.0 Å². The number of carbonyl (C=O) groups is 2. The molecule has 5 aromatic rings. The van der Waals surface area contributed by atoms with E-state index in [1.165, 1.54) is 33.7 Å². The zero-order valence-corrected chi connectivity index (χ0v) is 24.7. The number of fused-ring (bicyclic) bond motifs is 5. The van der Waals surface area contributed by atoms with E-state index in [1.807, 2.05) is 24.3 Å². The summed E-state index contributed by atoms with van der Waals surface area (Å²) in [5.41, 5.74) is -0.217. The van der Waals surface area contributed by atoms with E-state index in [0.717, 1.165) is 16.9 Å². The number of aromatic nitrogens is 2. The van der Waals surface area contributed by atoms with Crippen molar-refractivity contribution in [1.82, 2.24) is 10.2 Å². The summed E-state index contributed by atoms with van der Waals surface area (Å²) in [5.74, 6) is -0.779. The first-order valence-electron chi connectivity index (χ1n) is 12.7. The maximum absolute atomic E-state index is 14.6. The number of hydrogen-bond acceptors (Lipinski definition) is 8. The molecule has 2 aliphatic heterocycles. The molecule has 208 valence electrons. The van der Waals surface area contributed by atoms with Gasteiger partial charge in [-0.15, -0.1) is 16.8 Å². The smallest absolute Gasteiger partial charge is 0.297 e. The third kappa shape index (κ3) is 3.86. The normalized spacial score (nSPS) is 17.4. The highest BCUT2D eigenvalue weighted by molar-refractivity contribution is 8.00. The molecule has 1 unspecified atom stereocenters. The summed E-state index contributed by atoms with van der Waals surface area (Å²) in [7, 11) is 0. The number of rotatable bonds is 6. The molecule has 0 N–H and O–H groups in total. The second kappa shape index (κ2) is 10.1. The Bertz CT molecular complexity index is 2010. The summed E-state index contributed by atoms with van der Waals surface area (Å²) in [6, 6.07) is 19.1. The van der Waals surface area contributed by atoms with Gasteiger partial charge in [0.2, 0.25) is 10.9 Å². The van der Waals surface area contributed by atoms with Crippen LogP contribution in [0, 0.1) is 0 Å². The molecular weight excluding hydrogens is 615 g/mol. The van der Waals surface area contributed by atoms with Gasteiger partial charge in [-0.25, -0.2) is 0 Å². The molecule has 42 heavy (non-hydrogen) atoms. The fourth-order valence-electron chi connectivity index (χ4n) is 5.52. The Morgan fingerprint density at radius 1 is 1.00 bits per heavy atom. The molecular formula is C30H18Cl2N4O4S2. The summed E-state index contributed by atoms with van der Waals surface area (Å²) >= 11 is 14.8. The number of hydrogen-bond donors (Lipinski definition) is 0. The zero-order valence-electron chi connectivity index (χ0n) is 21.5. The van der Waals surface area contributed by atoms with Gasteiger partial charge < -0.3 is 9.32 Å². The summed E-state index contributed by atoms with van der Waals surface area (Å²) in [4.78, 5) is 45.8. The van der Waals surface area contributed by atoms with Crippen LogP contribution in [0.4, 0.5) is 10.8 Å². The molecule has 0 fully saturated rings. The van der Waals surface area contributed by atoms with Gasteiger partial charge in [-0.3, -0.25) is 19.3 Å². The molecule has 12 heteroatoms. The average molecular weight is 634 g/mol. The number of carbonyl (C=O) groups excluding carboxylic acids is 2. The molecule has 2 aromatic heterocycles. The predicted molar refractivity (Wildman–Crippen MR) is 165 cm³/mol. The number of benzene rings is 3. The first-order chi connectivity index (χ1) is 20.3. The van der Waals surface area contributed by atoms with E-state index in [0.29, 0.717) is 31.4 Å². The number of para-hydroxylation sites is 1. The van der Waals surface area contributed by atoms with Crippen molar-refractivity contribution in [2.75, 3.05) is 16.3 Å². The standard InChI is InChI=1S/C30H18Cl2N4O4S2/c1-2-13-35-21-6-4-3-5-20(21)30(27(35)39)23-24(37)19-14-18(32)11-12-22(19)40-25(23)26(38)36(30)28-33-34-29(42-28)41-15-16-7-9-17(31)10-8-16/h2-12,14H,1,13,15H2. The van der Waals surface area contributed by atoms with Gasteiger partial charge in [0.25, 0.3) is 11.8 Å². The van der Waals surface area contributed by atoms with Crippen molar-refractivity contribution >= 4 is 79.9 Å². The van der Waals surface area contributed by atoms with Crippen LogP contribution in [0.1, 0.15) is 27.2 Å². The predicted octanol–water partition coefficient (Wildman–Crippen LogP) is 6.68. The topological polar surface area (TPSA) is 96.6 Å². The Labute approximate surface area is 257 Å². The highest BCUT2D eigenvalue weighted by Gasteiger charge is 2.66. The van der Waals surface area contributed by atoms with Gasteiger partial charge in [0.05, 0.1) is 16.6 Å². The van der Waals surface area contributed by atoms with E-state index >= 15 is 0 Å². The number of nitrogens with zero attached hydrogens (tertiary/aromatic N) is 4. The van der Waals surface area contributed by atoms with Crippen LogP contribution in [0.5, 0.6) is 0 Å². The van der Waals surface area contributed by atoms with Crippen LogP contribution in [0.15, 0.2) is 92.9 Å². The lowest BCUT2D eigenvalue weighted by molar-refractivity contribution is -0.121. The minimum Gasteiger partial charge on any atom is -0.450 e. The minimum atomic E-state index is -1.86. The number of thioether (sulfide) groups is 1. The van der Waals surface area contributed by atoms with Crippen molar-refractivity contribution in [3.63, 3.8) is 0 Å². The Morgan fingerprint density at radius 2 is 1.76 bits per heavy atom. The number of amides is 2. The highest BCUT2D eigenvalue weighted by atomic mass is 35.5. The Kier molecular flexibility index (Phi) is 6.47. The lowest BCUT2D eigenvalue weighted by Crippen LogP contribution is -2.53.